The summed E-state index contributed by atoms with van der Waals surface area (Å²) in [6.45, 7) is 0.980. The highest BCUT2D eigenvalue weighted by Gasteiger charge is 2.33. The van der Waals surface area contributed by atoms with Crippen molar-refractivity contribution in [3.05, 3.63) is 30.3 Å². The Kier molecular flexibility index (Phi) is 3.89. The number of guanidine groups is 1. The zero-order chi connectivity index (χ0) is 12.3. The highest BCUT2D eigenvalue weighted by Crippen LogP contribution is 2.25. The summed E-state index contributed by atoms with van der Waals surface area (Å²) in [5.41, 5.74) is 1.19. The van der Waals surface area contributed by atoms with Gasteiger partial charge in [0.2, 0.25) is 5.96 Å². The second-order valence-electron chi connectivity index (χ2n) is 4.24. The van der Waals surface area contributed by atoms with Gasteiger partial charge in [-0.15, -0.1) is 11.6 Å². The van der Waals surface area contributed by atoms with Crippen LogP contribution >= 0.6 is 11.6 Å². The van der Waals surface area contributed by atoms with Crippen LogP contribution in [0.2, 0.25) is 0 Å². The fourth-order valence-electron chi connectivity index (χ4n) is 2.37. The maximum atomic E-state index is 5.89. The van der Waals surface area contributed by atoms with Crippen molar-refractivity contribution in [3.8, 4) is 0 Å². The first-order chi connectivity index (χ1) is 8.27. The smallest absolute Gasteiger partial charge is 0.201 e. The monoisotopic (exact) mass is 251 g/mol. The van der Waals surface area contributed by atoms with E-state index in [4.69, 9.17) is 11.6 Å². The zero-order valence-corrected chi connectivity index (χ0v) is 11.1. The predicted octanol–water partition coefficient (Wildman–Crippen LogP) is 2.42. The van der Waals surface area contributed by atoms with Crippen molar-refractivity contribution in [1.29, 1.82) is 0 Å². The molecule has 1 aromatic rings. The third-order valence-corrected chi connectivity index (χ3v) is 3.30. The van der Waals surface area contributed by atoms with E-state index in [1.807, 2.05) is 13.1 Å². The summed E-state index contributed by atoms with van der Waals surface area (Å²) in [5, 5.41) is 0. The highest BCUT2D eigenvalue weighted by molar-refractivity contribution is 6.18. The average molecular weight is 252 g/mol. The Morgan fingerprint density at radius 2 is 2.06 bits per heavy atom. The topological polar surface area (TPSA) is 18.8 Å². The van der Waals surface area contributed by atoms with Gasteiger partial charge in [0.05, 0.1) is 6.04 Å². The molecule has 1 atom stereocenters. The number of benzene rings is 1. The quantitative estimate of drug-likeness (QED) is 0.769. The minimum absolute atomic E-state index is 0.415. The molecule has 0 saturated carbocycles. The number of halogens is 1. The van der Waals surface area contributed by atoms with Gasteiger partial charge in [-0.1, -0.05) is 18.2 Å². The van der Waals surface area contributed by atoms with Crippen LogP contribution in [-0.2, 0) is 0 Å². The molecule has 1 unspecified atom stereocenters. The number of aliphatic imine (C=N–C) groups is 1. The molecule has 4 heteroatoms. The van der Waals surface area contributed by atoms with Crippen LogP contribution in [0.3, 0.4) is 0 Å². The molecule has 1 saturated heterocycles. The molecule has 0 radical (unpaired) electrons. The molecule has 92 valence electrons. The summed E-state index contributed by atoms with van der Waals surface area (Å²) < 4.78 is 0. The zero-order valence-electron chi connectivity index (χ0n) is 10.3. The first-order valence-electron chi connectivity index (χ1n) is 5.86. The van der Waals surface area contributed by atoms with Crippen LogP contribution in [-0.4, -0.2) is 43.4 Å². The fourth-order valence-corrected chi connectivity index (χ4v) is 2.62. The number of likely N-dealkylation sites (N-methyl/N-ethyl adjacent to an activating group) is 1. The summed E-state index contributed by atoms with van der Waals surface area (Å²) >= 11 is 5.89. The van der Waals surface area contributed by atoms with E-state index in [1.165, 1.54) is 5.69 Å². The van der Waals surface area contributed by atoms with Crippen LogP contribution in [0, 0.1) is 0 Å². The number of rotatable bonds is 3. The lowest BCUT2D eigenvalue weighted by molar-refractivity contribution is 0.505. The van der Waals surface area contributed by atoms with Crippen molar-refractivity contribution < 1.29 is 0 Å². The third-order valence-electron chi connectivity index (χ3n) is 3.08. The van der Waals surface area contributed by atoms with Gasteiger partial charge in [0.15, 0.2) is 0 Å². The van der Waals surface area contributed by atoms with Gasteiger partial charge in [-0.25, -0.2) is 0 Å². The number of alkyl halides is 1. The summed E-state index contributed by atoms with van der Waals surface area (Å²) in [6, 6.07) is 10.8. The van der Waals surface area contributed by atoms with E-state index in [9.17, 15) is 0 Å². The molecule has 0 spiro atoms. The van der Waals surface area contributed by atoms with Crippen LogP contribution < -0.4 is 4.90 Å². The Hall–Kier alpha value is -1.22. The second-order valence-corrected chi connectivity index (χ2v) is 4.62. The lowest BCUT2D eigenvalue weighted by atomic mass is 10.2. The maximum Gasteiger partial charge on any atom is 0.201 e. The first-order valence-corrected chi connectivity index (χ1v) is 6.39. The summed E-state index contributed by atoms with van der Waals surface area (Å²) in [7, 11) is 3.91. The Morgan fingerprint density at radius 1 is 1.35 bits per heavy atom. The van der Waals surface area contributed by atoms with Gasteiger partial charge in [-0.05, 0) is 18.6 Å². The molecule has 0 aliphatic carbocycles. The van der Waals surface area contributed by atoms with Crippen molar-refractivity contribution in [3.63, 3.8) is 0 Å². The molecule has 1 fully saturated rings. The highest BCUT2D eigenvalue weighted by atomic mass is 35.5. The Morgan fingerprint density at radius 3 is 2.65 bits per heavy atom. The molecule has 1 aliphatic heterocycles. The van der Waals surface area contributed by atoms with E-state index in [0.717, 1.165) is 18.9 Å². The summed E-state index contributed by atoms with van der Waals surface area (Å²) in [5.74, 6) is 1.70. The van der Waals surface area contributed by atoms with Crippen LogP contribution in [0.15, 0.2) is 35.3 Å². The second kappa shape index (κ2) is 5.41. The van der Waals surface area contributed by atoms with Gasteiger partial charge in [0.25, 0.3) is 0 Å². The molecule has 17 heavy (non-hydrogen) atoms. The number of hydrogen-bond donors (Lipinski definition) is 0. The van der Waals surface area contributed by atoms with E-state index < -0.39 is 0 Å². The van der Waals surface area contributed by atoms with E-state index in [1.54, 1.807) is 0 Å². The molecule has 1 heterocycles. The van der Waals surface area contributed by atoms with Crippen molar-refractivity contribution >= 4 is 23.2 Å². The number of para-hydroxylation sites is 1. The number of anilines is 1. The molecular formula is C13H18ClN3. The molecule has 0 N–H and O–H groups in total. The lowest BCUT2D eigenvalue weighted by Gasteiger charge is -2.25. The van der Waals surface area contributed by atoms with E-state index in [0.29, 0.717) is 11.9 Å². The number of hydrogen-bond acceptors (Lipinski definition) is 1. The van der Waals surface area contributed by atoms with Gasteiger partial charge < -0.3 is 9.80 Å². The summed E-state index contributed by atoms with van der Waals surface area (Å²) in [4.78, 5) is 8.85. The van der Waals surface area contributed by atoms with Crippen LogP contribution in [0.1, 0.15) is 6.42 Å². The Balaban J connectivity index is 2.32. The van der Waals surface area contributed by atoms with Gasteiger partial charge >= 0.3 is 0 Å². The molecule has 3 nitrogen and oxygen atoms in total. The van der Waals surface area contributed by atoms with E-state index in [2.05, 4.69) is 46.1 Å². The van der Waals surface area contributed by atoms with Crippen LogP contribution in [0.25, 0.3) is 0 Å². The number of nitrogens with zero attached hydrogens (tertiary/aromatic N) is 3. The standard InChI is InChI=1S/C13H18ClN3/c1-15-13-16(2)10-12(8-9-14)17(13)11-6-4-3-5-7-11/h3-7,12H,8-10H2,1-2H3. The minimum Gasteiger partial charge on any atom is -0.344 e. The first kappa shape index (κ1) is 12.2. The Labute approximate surface area is 108 Å². The molecular weight excluding hydrogens is 234 g/mol. The molecule has 1 aromatic carbocycles. The Bertz CT molecular complexity index is 391. The molecule has 0 bridgehead atoms. The lowest BCUT2D eigenvalue weighted by Crippen LogP contribution is -2.35. The van der Waals surface area contributed by atoms with Crippen molar-refractivity contribution in [1.82, 2.24) is 4.90 Å². The van der Waals surface area contributed by atoms with Crippen molar-refractivity contribution in [2.24, 2.45) is 4.99 Å². The van der Waals surface area contributed by atoms with Gasteiger partial charge in [0.1, 0.15) is 0 Å². The van der Waals surface area contributed by atoms with Crippen molar-refractivity contribution in [2.45, 2.75) is 12.5 Å². The minimum atomic E-state index is 0.415. The average Bonchev–Trinajstić information content (AvgIpc) is 2.67. The van der Waals surface area contributed by atoms with Gasteiger partial charge in [-0.2, -0.15) is 0 Å². The largest absolute Gasteiger partial charge is 0.344 e. The predicted molar refractivity (Wildman–Crippen MR) is 74.0 cm³/mol. The fraction of sp³-hybridized carbons (Fsp3) is 0.462. The van der Waals surface area contributed by atoms with Gasteiger partial charge in [-0.3, -0.25) is 4.99 Å². The van der Waals surface area contributed by atoms with Gasteiger partial charge in [0, 0.05) is 32.2 Å². The normalized spacial score (nSPS) is 22.5. The van der Waals surface area contributed by atoms with Crippen LogP contribution in [0.5, 0.6) is 0 Å². The molecule has 1 aliphatic rings. The van der Waals surface area contributed by atoms with Crippen molar-refractivity contribution in [2.75, 3.05) is 31.4 Å². The molecule has 0 amide bonds. The van der Waals surface area contributed by atoms with Crippen LogP contribution in [0.4, 0.5) is 5.69 Å². The molecule has 0 aromatic heterocycles. The van der Waals surface area contributed by atoms with E-state index >= 15 is 0 Å². The SMILES string of the molecule is CN=C1N(C)CC(CCCl)N1c1ccccc1. The molecule has 2 rings (SSSR count). The summed E-state index contributed by atoms with van der Waals surface area (Å²) in [6.07, 6.45) is 0.972. The van der Waals surface area contributed by atoms with E-state index in [-0.39, 0.29) is 0 Å². The maximum absolute atomic E-state index is 5.89. The third kappa shape index (κ3) is 2.39.